The van der Waals surface area contributed by atoms with Gasteiger partial charge >= 0.3 is 0 Å². The van der Waals surface area contributed by atoms with Crippen LogP contribution >= 0.6 is 0 Å². The summed E-state index contributed by atoms with van der Waals surface area (Å²) in [6.07, 6.45) is 1.45. The topological polar surface area (TPSA) is 77.5 Å². The van der Waals surface area contributed by atoms with E-state index in [1.807, 2.05) is 6.07 Å². The smallest absolute Gasteiger partial charge is 0.161 e. The summed E-state index contributed by atoms with van der Waals surface area (Å²) in [6, 6.07) is 11.4. The Balaban J connectivity index is 1.37. The fourth-order valence-electron chi connectivity index (χ4n) is 4.20. The number of aliphatic hydroxyl groups excluding tert-OH is 1. The molecule has 2 aliphatic heterocycles. The zero-order valence-electron chi connectivity index (χ0n) is 18.0. The Morgan fingerprint density at radius 2 is 1.97 bits per heavy atom. The first-order chi connectivity index (χ1) is 15.0. The molecule has 2 heterocycles. The number of likely N-dealkylation sites (tertiary alicyclic amines) is 1. The maximum atomic E-state index is 11.6. The summed E-state index contributed by atoms with van der Waals surface area (Å²) in [5.74, 6) is 2.54. The molecular formula is C24H29NO6. The lowest BCUT2D eigenvalue weighted by Crippen LogP contribution is -2.35. The van der Waals surface area contributed by atoms with E-state index in [0.29, 0.717) is 36.8 Å². The third kappa shape index (κ3) is 4.94. The molecule has 0 radical (unpaired) electrons. The second-order valence-electron chi connectivity index (χ2n) is 7.94. The molecule has 0 bridgehead atoms. The Hall–Kier alpha value is -2.77. The zero-order chi connectivity index (χ0) is 21.8. The zero-order valence-corrected chi connectivity index (χ0v) is 18.0. The second-order valence-corrected chi connectivity index (χ2v) is 7.94. The highest BCUT2D eigenvalue weighted by Gasteiger charge is 2.29. The minimum Gasteiger partial charge on any atom is -0.493 e. The number of rotatable bonds is 8. The van der Waals surface area contributed by atoms with Gasteiger partial charge in [0.25, 0.3) is 0 Å². The van der Waals surface area contributed by atoms with Crippen LogP contribution in [-0.4, -0.2) is 61.9 Å². The van der Waals surface area contributed by atoms with Crippen LogP contribution in [0.4, 0.5) is 0 Å². The normalized spacial score (nSPS) is 19.1. The summed E-state index contributed by atoms with van der Waals surface area (Å²) in [7, 11) is 1.53. The monoisotopic (exact) mass is 427 g/mol. The van der Waals surface area contributed by atoms with Gasteiger partial charge in [0.1, 0.15) is 25.9 Å². The van der Waals surface area contributed by atoms with Crippen molar-refractivity contribution < 1.29 is 28.8 Å². The molecule has 31 heavy (non-hydrogen) atoms. The Morgan fingerprint density at radius 1 is 1.16 bits per heavy atom. The summed E-state index contributed by atoms with van der Waals surface area (Å²) < 4.78 is 22.5. The number of Topliss-reactive ketones (excluding diaryl/α,β-unsaturated/α-hetero) is 1. The van der Waals surface area contributed by atoms with E-state index >= 15 is 0 Å². The number of carbonyl (C=O) groups is 1. The number of aliphatic hydroxyl groups is 1. The largest absolute Gasteiger partial charge is 0.493 e. The van der Waals surface area contributed by atoms with Gasteiger partial charge in [-0.2, -0.15) is 0 Å². The first-order valence-corrected chi connectivity index (χ1v) is 10.7. The quantitative estimate of drug-likeness (QED) is 0.648. The van der Waals surface area contributed by atoms with Crippen molar-refractivity contribution in [3.63, 3.8) is 0 Å². The van der Waals surface area contributed by atoms with E-state index in [4.69, 9.17) is 18.9 Å². The van der Waals surface area contributed by atoms with E-state index in [2.05, 4.69) is 17.0 Å². The van der Waals surface area contributed by atoms with Crippen molar-refractivity contribution in [3.05, 3.63) is 47.5 Å². The van der Waals surface area contributed by atoms with Gasteiger partial charge in [-0.05, 0) is 62.2 Å². The van der Waals surface area contributed by atoms with Crippen molar-refractivity contribution in [1.29, 1.82) is 0 Å². The van der Waals surface area contributed by atoms with Crippen molar-refractivity contribution in [1.82, 2.24) is 4.90 Å². The second kappa shape index (κ2) is 9.58. The third-order valence-electron chi connectivity index (χ3n) is 5.76. The number of ketones is 1. The van der Waals surface area contributed by atoms with Crippen LogP contribution in [-0.2, 0) is 0 Å². The van der Waals surface area contributed by atoms with Crippen LogP contribution in [0.15, 0.2) is 36.4 Å². The van der Waals surface area contributed by atoms with Crippen LogP contribution < -0.4 is 18.9 Å². The van der Waals surface area contributed by atoms with Gasteiger partial charge in [0, 0.05) is 18.2 Å². The molecular weight excluding hydrogens is 398 g/mol. The molecule has 4 rings (SSSR count). The maximum Gasteiger partial charge on any atom is 0.161 e. The minimum atomic E-state index is -0.657. The lowest BCUT2D eigenvalue weighted by atomic mass is 10.0. The fourth-order valence-corrected chi connectivity index (χ4v) is 4.20. The molecule has 2 unspecified atom stereocenters. The standard InChI is InChI=1S/C24H29NO6/c1-16(26)17-5-7-21(23(12-17)28-2)31-15-19(27)14-25-9-3-4-20(25)18-6-8-22-24(13-18)30-11-10-29-22/h5-8,12-13,19-20,27H,3-4,9-11,14-15H2,1-2H3. The SMILES string of the molecule is COc1cc(C(C)=O)ccc1OCC(O)CN1CCCC1c1ccc2c(c1)OCCO2. The molecule has 2 atom stereocenters. The minimum absolute atomic E-state index is 0.0379. The van der Waals surface area contributed by atoms with Gasteiger partial charge in [-0.25, -0.2) is 0 Å². The molecule has 0 aromatic heterocycles. The highest BCUT2D eigenvalue weighted by Crippen LogP contribution is 2.38. The predicted octanol–water partition coefficient (Wildman–Crippen LogP) is 3.25. The molecule has 0 spiro atoms. The average Bonchev–Trinajstić information content (AvgIpc) is 3.25. The average molecular weight is 427 g/mol. The van der Waals surface area contributed by atoms with Crippen LogP contribution in [0, 0.1) is 0 Å². The van der Waals surface area contributed by atoms with E-state index < -0.39 is 6.10 Å². The van der Waals surface area contributed by atoms with Crippen molar-refractivity contribution in [2.75, 3.05) is 40.0 Å². The van der Waals surface area contributed by atoms with Crippen molar-refractivity contribution in [3.8, 4) is 23.0 Å². The Bertz CT molecular complexity index is 930. The van der Waals surface area contributed by atoms with Crippen LogP contribution in [0.1, 0.15) is 41.7 Å². The van der Waals surface area contributed by atoms with Gasteiger partial charge < -0.3 is 24.1 Å². The molecule has 0 aliphatic carbocycles. The number of hydrogen-bond acceptors (Lipinski definition) is 7. The number of fused-ring (bicyclic) bond motifs is 1. The first kappa shape index (κ1) is 21.5. The van der Waals surface area contributed by atoms with Gasteiger partial charge in [0.15, 0.2) is 28.8 Å². The third-order valence-corrected chi connectivity index (χ3v) is 5.76. The van der Waals surface area contributed by atoms with E-state index in [-0.39, 0.29) is 18.4 Å². The summed E-state index contributed by atoms with van der Waals surface area (Å²) in [5.41, 5.74) is 1.74. The van der Waals surface area contributed by atoms with Crippen LogP contribution in [0.25, 0.3) is 0 Å². The number of methoxy groups -OCH3 is 1. The summed E-state index contributed by atoms with van der Waals surface area (Å²) >= 11 is 0. The van der Waals surface area contributed by atoms with Crippen LogP contribution in [0.2, 0.25) is 0 Å². The van der Waals surface area contributed by atoms with Crippen LogP contribution in [0.3, 0.4) is 0 Å². The summed E-state index contributed by atoms with van der Waals surface area (Å²) in [5, 5.41) is 10.6. The molecule has 7 nitrogen and oxygen atoms in total. The van der Waals surface area contributed by atoms with E-state index in [1.165, 1.54) is 19.6 Å². The molecule has 1 fully saturated rings. The molecule has 0 saturated carbocycles. The van der Waals surface area contributed by atoms with Crippen molar-refractivity contribution in [2.45, 2.75) is 31.9 Å². The lowest BCUT2D eigenvalue weighted by molar-refractivity contribution is 0.0628. The van der Waals surface area contributed by atoms with E-state index in [1.54, 1.807) is 18.2 Å². The van der Waals surface area contributed by atoms with E-state index in [0.717, 1.165) is 30.9 Å². The van der Waals surface area contributed by atoms with Gasteiger partial charge in [-0.1, -0.05) is 6.07 Å². The maximum absolute atomic E-state index is 11.6. The summed E-state index contributed by atoms with van der Waals surface area (Å²) in [4.78, 5) is 13.8. The highest BCUT2D eigenvalue weighted by molar-refractivity contribution is 5.94. The predicted molar refractivity (Wildman–Crippen MR) is 115 cm³/mol. The number of benzene rings is 2. The number of nitrogens with zero attached hydrogens (tertiary/aromatic N) is 1. The Morgan fingerprint density at radius 3 is 2.74 bits per heavy atom. The molecule has 0 amide bonds. The van der Waals surface area contributed by atoms with E-state index in [9.17, 15) is 9.90 Å². The molecule has 7 heteroatoms. The van der Waals surface area contributed by atoms with Gasteiger partial charge in [0.05, 0.1) is 7.11 Å². The fraction of sp³-hybridized carbons (Fsp3) is 0.458. The van der Waals surface area contributed by atoms with Gasteiger partial charge in [0.2, 0.25) is 0 Å². The van der Waals surface area contributed by atoms with Crippen molar-refractivity contribution in [2.24, 2.45) is 0 Å². The Kier molecular flexibility index (Phi) is 6.63. The summed E-state index contributed by atoms with van der Waals surface area (Å²) in [6.45, 7) is 4.22. The van der Waals surface area contributed by atoms with Gasteiger partial charge in [-0.15, -0.1) is 0 Å². The lowest BCUT2D eigenvalue weighted by Gasteiger charge is -2.28. The number of β-amino-alcohol motifs (C(OH)–C–C–N with tert-alkyl or cyclic N) is 1. The number of carbonyl (C=O) groups excluding carboxylic acids is 1. The van der Waals surface area contributed by atoms with Gasteiger partial charge in [-0.3, -0.25) is 9.69 Å². The molecule has 2 aliphatic rings. The molecule has 1 N–H and O–H groups in total. The number of hydrogen-bond donors (Lipinski definition) is 1. The molecule has 2 aromatic rings. The molecule has 2 aromatic carbocycles. The molecule has 1 saturated heterocycles. The first-order valence-electron chi connectivity index (χ1n) is 10.7. The molecule has 166 valence electrons. The Labute approximate surface area is 182 Å². The van der Waals surface area contributed by atoms with Crippen molar-refractivity contribution >= 4 is 5.78 Å². The van der Waals surface area contributed by atoms with Crippen LogP contribution in [0.5, 0.6) is 23.0 Å². The number of ether oxygens (including phenoxy) is 4. The highest BCUT2D eigenvalue weighted by atomic mass is 16.6.